The molecule has 0 atom stereocenters. The number of aromatic nitrogens is 2. The molecule has 0 radical (unpaired) electrons. The summed E-state index contributed by atoms with van der Waals surface area (Å²) in [7, 11) is 0. The molecule has 0 saturated carbocycles. The molecule has 2 aromatic carbocycles. The summed E-state index contributed by atoms with van der Waals surface area (Å²) in [4.78, 5) is 36.3. The Morgan fingerprint density at radius 1 is 1.15 bits per heavy atom. The van der Waals surface area contributed by atoms with Crippen LogP contribution in [0.2, 0.25) is 0 Å². The maximum absolute atomic E-state index is 12.6. The van der Waals surface area contributed by atoms with Gasteiger partial charge in [-0.25, -0.2) is 5.10 Å². The Bertz CT molecular complexity index is 1140. The molecule has 0 bridgehead atoms. The third-order valence-electron chi connectivity index (χ3n) is 4.27. The number of benzene rings is 2. The highest BCUT2D eigenvalue weighted by Crippen LogP contribution is 2.37. The van der Waals surface area contributed by atoms with Gasteiger partial charge in [-0.05, 0) is 19.1 Å². The summed E-state index contributed by atoms with van der Waals surface area (Å²) in [6.45, 7) is 1.47. The summed E-state index contributed by atoms with van der Waals surface area (Å²) >= 11 is 0. The lowest BCUT2D eigenvalue weighted by atomic mass is 10.1. The molecule has 8 heteroatoms. The fourth-order valence-corrected chi connectivity index (χ4v) is 2.99. The van der Waals surface area contributed by atoms with Gasteiger partial charge in [0.1, 0.15) is 0 Å². The molecule has 0 aliphatic carbocycles. The first-order chi connectivity index (χ1) is 13.0. The SMILES string of the molecule is CC(=O)c1cc2c(cc1NC(=O)Cc1n[nH]c(=O)c3ccccc13)OCO2. The number of ketones is 1. The fourth-order valence-electron chi connectivity index (χ4n) is 2.99. The van der Waals surface area contributed by atoms with E-state index < -0.39 is 0 Å². The summed E-state index contributed by atoms with van der Waals surface area (Å²) in [6, 6.07) is 10.0. The molecule has 3 aromatic rings. The van der Waals surface area contributed by atoms with Crippen molar-refractivity contribution in [2.24, 2.45) is 0 Å². The Balaban J connectivity index is 1.64. The number of anilines is 1. The minimum atomic E-state index is -0.374. The van der Waals surface area contributed by atoms with Gasteiger partial charge in [-0.3, -0.25) is 14.4 Å². The van der Waals surface area contributed by atoms with Crippen LogP contribution in [0.1, 0.15) is 23.0 Å². The maximum Gasteiger partial charge on any atom is 0.272 e. The highest BCUT2D eigenvalue weighted by molar-refractivity contribution is 6.05. The van der Waals surface area contributed by atoms with Gasteiger partial charge in [-0.1, -0.05) is 18.2 Å². The lowest BCUT2D eigenvalue weighted by Crippen LogP contribution is -2.19. The Morgan fingerprint density at radius 2 is 1.85 bits per heavy atom. The molecule has 0 saturated heterocycles. The number of fused-ring (bicyclic) bond motifs is 2. The van der Waals surface area contributed by atoms with Gasteiger partial charge in [-0.15, -0.1) is 0 Å². The summed E-state index contributed by atoms with van der Waals surface area (Å²) in [6.07, 6.45) is -0.0664. The van der Waals surface area contributed by atoms with Gasteiger partial charge in [0.05, 0.1) is 23.2 Å². The summed E-state index contributed by atoms with van der Waals surface area (Å²) in [5.74, 6) is 0.340. The number of carbonyl (C=O) groups excluding carboxylic acids is 2. The third-order valence-corrected chi connectivity index (χ3v) is 4.27. The van der Waals surface area contributed by atoms with Crippen LogP contribution in [0, 0.1) is 0 Å². The molecular formula is C19H15N3O5. The number of amides is 1. The van der Waals surface area contributed by atoms with Crippen molar-refractivity contribution < 1.29 is 19.1 Å². The lowest BCUT2D eigenvalue weighted by Gasteiger charge is -2.11. The Hall–Kier alpha value is -3.68. The van der Waals surface area contributed by atoms with Gasteiger partial charge < -0.3 is 14.8 Å². The molecule has 1 amide bonds. The van der Waals surface area contributed by atoms with Gasteiger partial charge >= 0.3 is 0 Å². The Labute approximate surface area is 153 Å². The van der Waals surface area contributed by atoms with E-state index in [0.29, 0.717) is 39.2 Å². The molecule has 0 spiro atoms. The first-order valence-corrected chi connectivity index (χ1v) is 8.23. The van der Waals surface area contributed by atoms with Crippen LogP contribution in [-0.4, -0.2) is 28.7 Å². The zero-order valence-electron chi connectivity index (χ0n) is 14.4. The van der Waals surface area contributed by atoms with Crippen molar-refractivity contribution in [2.75, 3.05) is 12.1 Å². The van der Waals surface area contributed by atoms with E-state index in [1.54, 1.807) is 36.4 Å². The average molecular weight is 365 g/mol. The molecular weight excluding hydrogens is 350 g/mol. The van der Waals surface area contributed by atoms with E-state index in [4.69, 9.17) is 9.47 Å². The van der Waals surface area contributed by atoms with Crippen LogP contribution < -0.4 is 20.3 Å². The van der Waals surface area contributed by atoms with Crippen LogP contribution in [0.15, 0.2) is 41.2 Å². The maximum atomic E-state index is 12.6. The number of ether oxygens (including phenoxy) is 2. The van der Waals surface area contributed by atoms with E-state index in [0.717, 1.165) is 0 Å². The highest BCUT2D eigenvalue weighted by atomic mass is 16.7. The highest BCUT2D eigenvalue weighted by Gasteiger charge is 2.21. The molecule has 8 nitrogen and oxygen atoms in total. The molecule has 2 heterocycles. The van der Waals surface area contributed by atoms with Crippen LogP contribution in [0.5, 0.6) is 11.5 Å². The van der Waals surface area contributed by atoms with Crippen LogP contribution >= 0.6 is 0 Å². The van der Waals surface area contributed by atoms with Crippen molar-refractivity contribution in [3.8, 4) is 11.5 Å². The van der Waals surface area contributed by atoms with Crippen molar-refractivity contribution in [3.63, 3.8) is 0 Å². The molecule has 2 N–H and O–H groups in total. The predicted octanol–water partition coefficient (Wildman–Crippen LogP) is 2.04. The van der Waals surface area contributed by atoms with E-state index in [1.807, 2.05) is 0 Å². The molecule has 0 unspecified atom stereocenters. The van der Waals surface area contributed by atoms with E-state index in [2.05, 4.69) is 15.5 Å². The van der Waals surface area contributed by atoms with Crippen LogP contribution in [0.3, 0.4) is 0 Å². The monoisotopic (exact) mass is 365 g/mol. The minimum absolute atomic E-state index is 0.0664. The second kappa shape index (κ2) is 6.56. The number of rotatable bonds is 4. The van der Waals surface area contributed by atoms with Gasteiger partial charge in [0.15, 0.2) is 17.3 Å². The van der Waals surface area contributed by atoms with Gasteiger partial charge in [0, 0.05) is 17.0 Å². The van der Waals surface area contributed by atoms with Gasteiger partial charge in [0.25, 0.3) is 5.56 Å². The second-order valence-electron chi connectivity index (χ2n) is 6.08. The largest absolute Gasteiger partial charge is 0.454 e. The standard InChI is InChI=1S/C19H15N3O5/c1-10(23)13-6-16-17(27-9-26-16)7-14(13)20-18(24)8-15-11-4-2-3-5-12(11)19(25)22-21-15/h2-7H,8-9H2,1H3,(H,20,24)(H,22,25). The van der Waals surface area contributed by atoms with Gasteiger partial charge in [-0.2, -0.15) is 5.10 Å². The molecule has 27 heavy (non-hydrogen) atoms. The van der Waals surface area contributed by atoms with Crippen molar-refractivity contribution in [2.45, 2.75) is 13.3 Å². The van der Waals surface area contributed by atoms with E-state index >= 15 is 0 Å². The number of hydrogen-bond donors (Lipinski definition) is 2. The summed E-state index contributed by atoms with van der Waals surface area (Å²) in [5.41, 5.74) is 0.787. The number of carbonyl (C=O) groups is 2. The predicted molar refractivity (Wildman–Crippen MR) is 97.3 cm³/mol. The molecule has 0 fully saturated rings. The Morgan fingerprint density at radius 3 is 2.59 bits per heavy atom. The molecule has 1 aliphatic heterocycles. The third kappa shape index (κ3) is 3.12. The smallest absolute Gasteiger partial charge is 0.272 e. The zero-order chi connectivity index (χ0) is 19.0. The number of aromatic amines is 1. The lowest BCUT2D eigenvalue weighted by molar-refractivity contribution is -0.115. The zero-order valence-corrected chi connectivity index (χ0v) is 14.4. The van der Waals surface area contributed by atoms with Crippen LogP contribution in [0.25, 0.3) is 10.8 Å². The number of nitrogens with zero attached hydrogens (tertiary/aromatic N) is 1. The fraction of sp³-hybridized carbons (Fsp3) is 0.158. The first-order valence-electron chi connectivity index (χ1n) is 8.23. The molecule has 1 aliphatic rings. The van der Waals surface area contributed by atoms with Crippen molar-refractivity contribution in [3.05, 3.63) is 58.0 Å². The summed E-state index contributed by atoms with van der Waals surface area (Å²) in [5, 5.41) is 10.2. The van der Waals surface area contributed by atoms with Crippen molar-refractivity contribution >= 4 is 28.2 Å². The molecule has 4 rings (SSSR count). The normalized spacial score (nSPS) is 12.2. The van der Waals surface area contributed by atoms with Crippen LogP contribution in [-0.2, 0) is 11.2 Å². The number of Topliss-reactive ketones (excluding diaryl/α,β-unsaturated/α-hetero) is 1. The Kier molecular flexibility index (Phi) is 4.08. The van der Waals surface area contributed by atoms with Crippen LogP contribution in [0.4, 0.5) is 5.69 Å². The summed E-state index contributed by atoms with van der Waals surface area (Å²) < 4.78 is 10.6. The average Bonchev–Trinajstić information content (AvgIpc) is 3.11. The number of H-pyrrole nitrogens is 1. The van der Waals surface area contributed by atoms with E-state index in [-0.39, 0.29) is 30.5 Å². The second-order valence-corrected chi connectivity index (χ2v) is 6.08. The minimum Gasteiger partial charge on any atom is -0.454 e. The quantitative estimate of drug-likeness (QED) is 0.685. The molecule has 1 aromatic heterocycles. The van der Waals surface area contributed by atoms with Gasteiger partial charge in [0.2, 0.25) is 12.7 Å². The number of hydrogen-bond acceptors (Lipinski definition) is 6. The van der Waals surface area contributed by atoms with Crippen molar-refractivity contribution in [1.29, 1.82) is 0 Å². The topological polar surface area (TPSA) is 110 Å². The van der Waals surface area contributed by atoms with Crippen molar-refractivity contribution in [1.82, 2.24) is 10.2 Å². The molecule has 136 valence electrons. The number of nitrogens with one attached hydrogen (secondary N) is 2. The first kappa shape index (κ1) is 16.8. The van der Waals surface area contributed by atoms with E-state index in [1.165, 1.54) is 6.92 Å². The van der Waals surface area contributed by atoms with E-state index in [9.17, 15) is 14.4 Å².